The highest BCUT2D eigenvalue weighted by Crippen LogP contribution is 2.51. The molecule has 1 fully saturated rings. The minimum atomic E-state index is -0.419. The summed E-state index contributed by atoms with van der Waals surface area (Å²) < 4.78 is 10.9. The second kappa shape index (κ2) is 6.89. The minimum Gasteiger partial charge on any atom is -0.454 e. The van der Waals surface area contributed by atoms with Crippen molar-refractivity contribution >= 4 is 17.4 Å². The van der Waals surface area contributed by atoms with Gasteiger partial charge < -0.3 is 9.47 Å². The van der Waals surface area contributed by atoms with Crippen molar-refractivity contribution in [2.75, 3.05) is 6.79 Å². The maximum atomic E-state index is 13.2. The Morgan fingerprint density at radius 1 is 1.07 bits per heavy atom. The number of benzene rings is 2. The Morgan fingerprint density at radius 2 is 1.86 bits per heavy atom. The van der Waals surface area contributed by atoms with Gasteiger partial charge in [-0.1, -0.05) is 35.9 Å². The number of hydrogen-bond acceptors (Lipinski definition) is 4. The molecular formula is C24H20ClNO3. The Bertz CT molecular complexity index is 1120. The molecular weight excluding hydrogens is 386 g/mol. The highest BCUT2D eigenvalue weighted by molar-refractivity contribution is 6.33. The summed E-state index contributed by atoms with van der Waals surface area (Å²) in [6.07, 6.45) is 3.86. The molecule has 1 aromatic heterocycles. The Balaban J connectivity index is 1.38. The Morgan fingerprint density at radius 3 is 2.62 bits per heavy atom. The molecule has 3 aromatic rings. The number of pyridine rings is 1. The fourth-order valence-corrected chi connectivity index (χ4v) is 4.29. The molecule has 0 saturated heterocycles. The summed E-state index contributed by atoms with van der Waals surface area (Å²) >= 11 is 6.33. The van der Waals surface area contributed by atoms with Crippen molar-refractivity contribution in [1.29, 1.82) is 0 Å². The van der Waals surface area contributed by atoms with Crippen LogP contribution in [0.1, 0.15) is 29.7 Å². The molecule has 1 saturated carbocycles. The third-order valence-corrected chi connectivity index (χ3v) is 6.21. The van der Waals surface area contributed by atoms with Gasteiger partial charge in [-0.05, 0) is 55.2 Å². The van der Waals surface area contributed by atoms with E-state index < -0.39 is 5.41 Å². The van der Waals surface area contributed by atoms with Gasteiger partial charge in [0.2, 0.25) is 6.79 Å². The first kappa shape index (κ1) is 18.2. The number of carbonyl (C=O) groups is 1. The molecule has 0 atom stereocenters. The van der Waals surface area contributed by atoms with E-state index in [-0.39, 0.29) is 12.6 Å². The van der Waals surface area contributed by atoms with Crippen LogP contribution in [0.5, 0.6) is 11.5 Å². The van der Waals surface area contributed by atoms with Crippen molar-refractivity contribution in [3.05, 3.63) is 76.6 Å². The molecule has 0 spiro atoms. The van der Waals surface area contributed by atoms with Crippen LogP contribution in [-0.2, 0) is 16.6 Å². The molecule has 2 aliphatic rings. The van der Waals surface area contributed by atoms with Crippen LogP contribution in [0.25, 0.3) is 11.1 Å². The quantitative estimate of drug-likeness (QED) is 0.579. The van der Waals surface area contributed by atoms with E-state index in [0.29, 0.717) is 11.4 Å². The maximum absolute atomic E-state index is 13.2. The topological polar surface area (TPSA) is 48.4 Å². The summed E-state index contributed by atoms with van der Waals surface area (Å²) in [6, 6.07) is 15.5. The zero-order chi connectivity index (χ0) is 20.0. The van der Waals surface area contributed by atoms with Crippen molar-refractivity contribution in [3.8, 4) is 22.6 Å². The zero-order valence-electron chi connectivity index (χ0n) is 16.1. The van der Waals surface area contributed by atoms with Crippen LogP contribution in [0.4, 0.5) is 0 Å². The minimum absolute atomic E-state index is 0.203. The largest absolute Gasteiger partial charge is 0.454 e. The van der Waals surface area contributed by atoms with E-state index in [0.717, 1.165) is 52.3 Å². The molecule has 0 amide bonds. The maximum Gasteiger partial charge on any atom is 0.231 e. The molecule has 5 heteroatoms. The summed E-state index contributed by atoms with van der Waals surface area (Å²) in [7, 11) is 0. The van der Waals surface area contributed by atoms with Crippen LogP contribution in [0.2, 0.25) is 5.02 Å². The van der Waals surface area contributed by atoms with Gasteiger partial charge in [0.1, 0.15) is 5.78 Å². The predicted molar refractivity (Wildman–Crippen MR) is 112 cm³/mol. The van der Waals surface area contributed by atoms with Crippen LogP contribution in [0.15, 0.2) is 54.7 Å². The van der Waals surface area contributed by atoms with E-state index in [2.05, 4.69) is 4.98 Å². The van der Waals surface area contributed by atoms with E-state index in [1.165, 1.54) is 0 Å². The lowest BCUT2D eigenvalue weighted by atomic mass is 9.88. The van der Waals surface area contributed by atoms with Gasteiger partial charge in [-0.25, -0.2) is 0 Å². The van der Waals surface area contributed by atoms with Gasteiger partial charge in [-0.2, -0.15) is 0 Å². The van der Waals surface area contributed by atoms with Crippen molar-refractivity contribution in [3.63, 3.8) is 0 Å². The number of carbonyl (C=O) groups excluding carboxylic acids is 1. The molecule has 0 radical (unpaired) electrons. The molecule has 2 heterocycles. The number of halogens is 1. The number of hydrogen-bond donors (Lipinski definition) is 0. The average molecular weight is 406 g/mol. The summed E-state index contributed by atoms with van der Waals surface area (Å²) in [4.78, 5) is 17.8. The van der Waals surface area contributed by atoms with Gasteiger partial charge in [0.25, 0.3) is 0 Å². The molecule has 0 N–H and O–H groups in total. The Kier molecular flexibility index (Phi) is 4.32. The fraction of sp³-hybridized carbons (Fsp3) is 0.250. The normalized spacial score (nSPS) is 15.9. The lowest BCUT2D eigenvalue weighted by Crippen LogP contribution is -2.23. The van der Waals surface area contributed by atoms with Crippen molar-refractivity contribution in [1.82, 2.24) is 4.98 Å². The summed E-state index contributed by atoms with van der Waals surface area (Å²) in [5.41, 5.74) is 4.38. The number of rotatable bonds is 5. The molecule has 0 unspecified atom stereocenters. The fourth-order valence-electron chi connectivity index (χ4n) is 4.05. The smallest absolute Gasteiger partial charge is 0.231 e. The summed E-state index contributed by atoms with van der Waals surface area (Å²) in [5.74, 6) is 1.66. The van der Waals surface area contributed by atoms with Crippen LogP contribution in [0, 0.1) is 6.92 Å². The molecule has 0 bridgehead atoms. The van der Waals surface area contributed by atoms with Crippen molar-refractivity contribution in [2.24, 2.45) is 0 Å². The SMILES string of the molecule is Cc1cc(CC(=O)C2(c3ccc4c(c3)OCO4)CC2)ncc1-c1ccccc1Cl. The first-order valence-electron chi connectivity index (χ1n) is 9.71. The summed E-state index contributed by atoms with van der Waals surface area (Å²) in [6.45, 7) is 2.26. The van der Waals surface area contributed by atoms with Gasteiger partial charge in [-0.3, -0.25) is 9.78 Å². The van der Waals surface area contributed by atoms with Gasteiger partial charge in [0, 0.05) is 34.5 Å². The van der Waals surface area contributed by atoms with Crippen molar-refractivity contribution < 1.29 is 14.3 Å². The number of nitrogens with zero attached hydrogens (tertiary/aromatic N) is 1. The van der Waals surface area contributed by atoms with Crippen LogP contribution in [-0.4, -0.2) is 17.6 Å². The van der Waals surface area contributed by atoms with Crippen molar-refractivity contribution in [2.45, 2.75) is 31.6 Å². The molecule has 2 aromatic carbocycles. The number of aryl methyl sites for hydroxylation is 1. The summed E-state index contributed by atoms with van der Waals surface area (Å²) in [5, 5.41) is 0.695. The Labute approximate surface area is 174 Å². The standard InChI is InChI=1S/C24H20ClNO3/c1-15-10-17(26-13-19(15)18-4-2-3-5-20(18)25)12-23(27)24(8-9-24)16-6-7-21-22(11-16)29-14-28-21/h2-7,10-11,13H,8-9,12,14H2,1H3. The molecule has 5 rings (SSSR count). The molecule has 1 aliphatic heterocycles. The van der Waals surface area contributed by atoms with E-state index >= 15 is 0 Å². The number of aromatic nitrogens is 1. The van der Waals surface area contributed by atoms with Crippen LogP contribution < -0.4 is 9.47 Å². The van der Waals surface area contributed by atoms with E-state index in [9.17, 15) is 4.79 Å². The number of ketones is 1. The van der Waals surface area contributed by atoms with Crippen LogP contribution >= 0.6 is 11.6 Å². The Hall–Kier alpha value is -2.85. The number of ether oxygens (including phenoxy) is 2. The molecule has 29 heavy (non-hydrogen) atoms. The zero-order valence-corrected chi connectivity index (χ0v) is 16.8. The lowest BCUT2D eigenvalue weighted by Gasteiger charge is -2.16. The van der Waals surface area contributed by atoms with E-state index in [1.54, 1.807) is 0 Å². The molecule has 146 valence electrons. The van der Waals surface area contributed by atoms with Gasteiger partial charge in [0.05, 0.1) is 5.41 Å². The predicted octanol–water partition coefficient (Wildman–Crippen LogP) is 5.28. The first-order chi connectivity index (χ1) is 14.1. The third kappa shape index (κ3) is 3.18. The number of Topliss-reactive ketones (excluding diaryl/α,β-unsaturated/α-hetero) is 1. The second-order valence-corrected chi connectivity index (χ2v) is 8.13. The van der Waals surface area contributed by atoms with Crippen LogP contribution in [0.3, 0.4) is 0 Å². The van der Waals surface area contributed by atoms with E-state index in [1.807, 2.05) is 61.7 Å². The van der Waals surface area contributed by atoms with Gasteiger partial charge >= 0.3 is 0 Å². The lowest BCUT2D eigenvalue weighted by molar-refractivity contribution is -0.120. The van der Waals surface area contributed by atoms with Gasteiger partial charge in [-0.15, -0.1) is 0 Å². The molecule has 4 nitrogen and oxygen atoms in total. The molecule has 1 aliphatic carbocycles. The average Bonchev–Trinajstić information content (AvgIpc) is 3.40. The second-order valence-electron chi connectivity index (χ2n) is 7.72. The van der Waals surface area contributed by atoms with E-state index in [4.69, 9.17) is 21.1 Å². The third-order valence-electron chi connectivity index (χ3n) is 5.88. The highest BCUT2D eigenvalue weighted by Gasteiger charge is 2.51. The monoisotopic (exact) mass is 405 g/mol. The first-order valence-corrected chi connectivity index (χ1v) is 10.1. The highest BCUT2D eigenvalue weighted by atomic mass is 35.5. The number of fused-ring (bicyclic) bond motifs is 1. The van der Waals surface area contributed by atoms with Gasteiger partial charge in [0.15, 0.2) is 11.5 Å².